The Hall–Kier alpha value is -4.96. The summed E-state index contributed by atoms with van der Waals surface area (Å²) < 4.78 is 11.6. The van der Waals surface area contributed by atoms with Gasteiger partial charge in [-0.2, -0.15) is 5.10 Å². The Kier molecular flexibility index (Phi) is 6.09. The number of ether oxygens (including phenoxy) is 2. The topological polar surface area (TPSA) is 109 Å². The first-order valence-corrected chi connectivity index (χ1v) is 15.1. The second-order valence-electron chi connectivity index (χ2n) is 11.2. The number of hydrogen-bond donors (Lipinski definition) is 2. The van der Waals surface area contributed by atoms with Gasteiger partial charge in [0.1, 0.15) is 0 Å². The monoisotopic (exact) mass is 648 g/mol. The average molecular weight is 650 g/mol. The lowest BCUT2D eigenvalue weighted by atomic mass is 9.47. The molecule has 218 valence electrons. The highest BCUT2D eigenvalue weighted by molar-refractivity contribution is 9.10. The maximum absolute atomic E-state index is 14.4. The fourth-order valence-electron chi connectivity index (χ4n) is 7.33. The Morgan fingerprint density at radius 2 is 1.59 bits per heavy atom. The van der Waals surface area contributed by atoms with Gasteiger partial charge in [-0.15, -0.1) is 0 Å². The molecule has 9 nitrogen and oxygen atoms in total. The van der Waals surface area contributed by atoms with Crippen molar-refractivity contribution in [2.24, 2.45) is 16.9 Å². The number of halogens is 1. The van der Waals surface area contributed by atoms with Gasteiger partial charge >= 0.3 is 0 Å². The Morgan fingerprint density at radius 3 is 2.32 bits per heavy atom. The number of carbonyl (C=O) groups excluding carboxylic acids is 3. The number of hydrogen-bond acceptors (Lipinski definition) is 7. The second-order valence-corrected chi connectivity index (χ2v) is 12.1. The minimum atomic E-state index is -1.07. The van der Waals surface area contributed by atoms with Crippen molar-refractivity contribution < 1.29 is 23.9 Å². The third kappa shape index (κ3) is 3.83. The number of nitrogens with zero attached hydrogens (tertiary/aromatic N) is 2. The lowest BCUT2D eigenvalue weighted by molar-refractivity contribution is -0.122. The molecule has 2 bridgehead atoms. The van der Waals surface area contributed by atoms with Crippen LogP contribution in [0.5, 0.6) is 11.5 Å². The van der Waals surface area contributed by atoms with E-state index in [1.807, 2.05) is 60.7 Å². The number of fused-ring (bicyclic) bond motifs is 1. The van der Waals surface area contributed by atoms with Crippen LogP contribution in [0.1, 0.15) is 28.2 Å². The van der Waals surface area contributed by atoms with Gasteiger partial charge < -0.3 is 14.8 Å². The van der Waals surface area contributed by atoms with E-state index in [0.29, 0.717) is 22.9 Å². The number of amides is 3. The smallest absolute Gasteiger partial charge is 0.259 e. The molecule has 10 heteroatoms. The predicted molar refractivity (Wildman–Crippen MR) is 167 cm³/mol. The van der Waals surface area contributed by atoms with Crippen LogP contribution in [0.3, 0.4) is 0 Å². The lowest BCUT2D eigenvalue weighted by Gasteiger charge is -2.52. The molecule has 2 atom stereocenters. The Labute approximate surface area is 261 Å². The average Bonchev–Trinajstić information content (AvgIpc) is 3.62. The van der Waals surface area contributed by atoms with Crippen molar-refractivity contribution in [2.45, 2.75) is 11.3 Å². The van der Waals surface area contributed by atoms with Gasteiger partial charge in [-0.05, 0) is 58.7 Å². The van der Waals surface area contributed by atoms with E-state index in [1.54, 1.807) is 36.5 Å². The summed E-state index contributed by atoms with van der Waals surface area (Å²) in [6.45, 7) is 0.125. The van der Waals surface area contributed by atoms with Crippen LogP contribution in [0.2, 0.25) is 0 Å². The third-order valence-corrected chi connectivity index (χ3v) is 9.58. The predicted octanol–water partition coefficient (Wildman–Crippen LogP) is 4.94. The first kappa shape index (κ1) is 26.7. The van der Waals surface area contributed by atoms with Gasteiger partial charge in [-0.1, -0.05) is 64.5 Å². The fourth-order valence-corrected chi connectivity index (χ4v) is 7.59. The number of rotatable bonds is 6. The molecular formula is C34H25BrN4O5. The van der Waals surface area contributed by atoms with Crippen molar-refractivity contribution >= 4 is 51.2 Å². The summed E-state index contributed by atoms with van der Waals surface area (Å²) >= 11 is 3.44. The van der Waals surface area contributed by atoms with Gasteiger partial charge in [0.2, 0.25) is 18.6 Å². The molecule has 2 heterocycles. The van der Waals surface area contributed by atoms with Crippen LogP contribution >= 0.6 is 15.9 Å². The Morgan fingerprint density at radius 1 is 0.909 bits per heavy atom. The molecule has 2 aliphatic heterocycles. The number of benzene rings is 4. The SMILES string of the molecule is O=C(CNc1ccc2c(c1)OCO2)N/N=C/C12c3ccccc3C(c3ccccc31)[C@@H]1C(=O)N(c3ccc(Br)cc3)C(=O)[C@@H]12. The van der Waals surface area contributed by atoms with Crippen LogP contribution in [0, 0.1) is 11.8 Å². The molecule has 9 rings (SSSR count). The van der Waals surface area contributed by atoms with Gasteiger partial charge in [0, 0.05) is 28.4 Å². The van der Waals surface area contributed by atoms with E-state index in [2.05, 4.69) is 31.8 Å². The standard InChI is InChI=1S/C34H25BrN4O5/c35-19-9-12-21(13-10-19)39-32(41)30-29-22-5-1-3-7-24(22)34(31(30)33(39)42,25-8-4-2-6-23(25)29)17-37-38-28(40)16-36-20-11-14-26-27(15-20)44-18-43-26/h1-15,17,29-31,36H,16,18H2,(H,38,40)/b37-17+/t29?,30-,31+,34?/m0/s1. The molecule has 0 radical (unpaired) electrons. The number of anilines is 2. The fraction of sp³-hybridized carbons (Fsp3) is 0.176. The van der Waals surface area contributed by atoms with E-state index in [0.717, 1.165) is 26.7 Å². The van der Waals surface area contributed by atoms with E-state index in [4.69, 9.17) is 9.47 Å². The second kappa shape index (κ2) is 10.1. The van der Waals surface area contributed by atoms with Crippen molar-refractivity contribution in [3.05, 3.63) is 118 Å². The molecule has 5 aliphatic rings. The lowest BCUT2D eigenvalue weighted by Crippen LogP contribution is -2.54. The number of nitrogens with one attached hydrogen (secondary N) is 2. The molecule has 0 aromatic heterocycles. The summed E-state index contributed by atoms with van der Waals surface area (Å²) in [5.74, 6) is -1.25. The van der Waals surface area contributed by atoms with E-state index >= 15 is 0 Å². The zero-order chi connectivity index (χ0) is 30.0. The zero-order valence-corrected chi connectivity index (χ0v) is 24.8. The van der Waals surface area contributed by atoms with Gasteiger partial charge in [0.15, 0.2) is 11.5 Å². The summed E-state index contributed by atoms with van der Waals surface area (Å²) in [5.41, 5.74) is 6.62. The number of carbonyl (C=O) groups is 3. The highest BCUT2D eigenvalue weighted by Crippen LogP contribution is 2.63. The normalized spacial score (nSPS) is 23.8. The van der Waals surface area contributed by atoms with Crippen molar-refractivity contribution in [1.29, 1.82) is 0 Å². The van der Waals surface area contributed by atoms with Crippen molar-refractivity contribution in [2.75, 3.05) is 23.6 Å². The van der Waals surface area contributed by atoms with Crippen LogP contribution in [-0.4, -0.2) is 37.3 Å². The molecule has 1 saturated heterocycles. The molecule has 1 fully saturated rings. The minimum absolute atomic E-state index is 0.0416. The summed E-state index contributed by atoms with van der Waals surface area (Å²) in [6.07, 6.45) is 1.66. The molecule has 3 amide bonds. The molecule has 4 aromatic rings. The molecule has 0 unspecified atom stereocenters. The van der Waals surface area contributed by atoms with Crippen molar-refractivity contribution in [3.8, 4) is 11.5 Å². The van der Waals surface area contributed by atoms with Crippen LogP contribution in [0.15, 0.2) is 101 Å². The molecule has 44 heavy (non-hydrogen) atoms. The molecule has 0 saturated carbocycles. The van der Waals surface area contributed by atoms with Gasteiger partial charge in [0.05, 0.1) is 29.5 Å². The summed E-state index contributed by atoms with van der Waals surface area (Å²) in [7, 11) is 0. The van der Waals surface area contributed by atoms with E-state index < -0.39 is 17.3 Å². The van der Waals surface area contributed by atoms with Crippen LogP contribution in [0.4, 0.5) is 11.4 Å². The number of imide groups is 1. The quantitative estimate of drug-likeness (QED) is 0.174. The van der Waals surface area contributed by atoms with Crippen LogP contribution < -0.4 is 25.1 Å². The summed E-state index contributed by atoms with van der Waals surface area (Å²) in [6, 6.07) is 28.4. The van der Waals surface area contributed by atoms with Crippen molar-refractivity contribution in [3.63, 3.8) is 0 Å². The van der Waals surface area contributed by atoms with Crippen LogP contribution in [0.25, 0.3) is 0 Å². The van der Waals surface area contributed by atoms with Crippen LogP contribution in [-0.2, 0) is 19.8 Å². The Bertz CT molecular complexity index is 1840. The van der Waals surface area contributed by atoms with Gasteiger partial charge in [0.25, 0.3) is 5.91 Å². The molecule has 4 aromatic carbocycles. The maximum atomic E-state index is 14.4. The first-order chi connectivity index (χ1) is 21.5. The number of hydrazone groups is 1. The maximum Gasteiger partial charge on any atom is 0.259 e. The molecule has 2 N–H and O–H groups in total. The Balaban J connectivity index is 1.16. The first-order valence-electron chi connectivity index (χ1n) is 14.3. The van der Waals surface area contributed by atoms with E-state index in [1.165, 1.54) is 4.90 Å². The van der Waals surface area contributed by atoms with E-state index in [-0.39, 0.29) is 37.0 Å². The summed E-state index contributed by atoms with van der Waals surface area (Å²) in [5, 5.41) is 7.53. The molecule has 0 spiro atoms. The zero-order valence-electron chi connectivity index (χ0n) is 23.2. The minimum Gasteiger partial charge on any atom is -0.454 e. The highest BCUT2D eigenvalue weighted by Gasteiger charge is 2.68. The third-order valence-electron chi connectivity index (χ3n) is 9.05. The van der Waals surface area contributed by atoms with Crippen molar-refractivity contribution in [1.82, 2.24) is 5.43 Å². The molecular weight excluding hydrogens is 624 g/mol. The summed E-state index contributed by atoms with van der Waals surface area (Å²) in [4.78, 5) is 42.9. The van der Waals surface area contributed by atoms with Gasteiger partial charge in [-0.3, -0.25) is 14.4 Å². The molecule has 3 aliphatic carbocycles. The van der Waals surface area contributed by atoms with Gasteiger partial charge in [-0.25, -0.2) is 10.3 Å². The van der Waals surface area contributed by atoms with E-state index in [9.17, 15) is 14.4 Å². The largest absolute Gasteiger partial charge is 0.454 e. The highest BCUT2D eigenvalue weighted by atomic mass is 79.9.